The Morgan fingerprint density at radius 2 is 1.64 bits per heavy atom. The molecule has 2 aliphatic heterocycles. The first-order valence-corrected chi connectivity index (χ1v) is 13.1. The average molecular weight is 497 g/mol. The maximum absolute atomic E-state index is 12.7. The molecule has 7 nitrogen and oxygen atoms in total. The fraction of sp³-hybridized carbons (Fsp3) is 1.00. The molecular formula is C22H40ClF3N6O. The zero-order valence-electron chi connectivity index (χ0n) is 19.3. The van der Waals surface area contributed by atoms with E-state index in [2.05, 4.69) is 31.5 Å². The first-order chi connectivity index (χ1) is 15.8. The van der Waals surface area contributed by atoms with Crippen molar-refractivity contribution < 1.29 is 17.9 Å². The number of ether oxygens (including phenoxy) is 1. The molecule has 5 atom stereocenters. The minimum absolute atomic E-state index is 0.269. The second kappa shape index (κ2) is 12.2. The van der Waals surface area contributed by atoms with Crippen LogP contribution in [-0.2, 0) is 4.74 Å². The number of hydrogen-bond donors (Lipinski definition) is 5. The molecule has 11 heteroatoms. The molecule has 4 rings (SSSR count). The molecule has 2 heterocycles. The Labute approximate surface area is 200 Å². The van der Waals surface area contributed by atoms with E-state index in [0.29, 0.717) is 18.0 Å². The molecule has 0 spiro atoms. The van der Waals surface area contributed by atoms with Gasteiger partial charge in [0.2, 0.25) is 0 Å². The monoisotopic (exact) mass is 496 g/mol. The molecule has 33 heavy (non-hydrogen) atoms. The molecular weight excluding hydrogens is 457 g/mol. The fourth-order valence-electron chi connectivity index (χ4n) is 5.70. The van der Waals surface area contributed by atoms with Gasteiger partial charge < -0.3 is 9.64 Å². The van der Waals surface area contributed by atoms with Crippen molar-refractivity contribution in [3.63, 3.8) is 0 Å². The van der Waals surface area contributed by atoms with Crippen LogP contribution in [-0.4, -0.2) is 73.7 Å². The molecule has 0 aromatic rings. The van der Waals surface area contributed by atoms with E-state index < -0.39 is 19.1 Å². The molecule has 5 unspecified atom stereocenters. The van der Waals surface area contributed by atoms with Crippen LogP contribution in [0.1, 0.15) is 64.2 Å². The van der Waals surface area contributed by atoms with Gasteiger partial charge >= 0.3 is 6.18 Å². The molecule has 2 saturated carbocycles. The Bertz CT molecular complexity index is 589. The summed E-state index contributed by atoms with van der Waals surface area (Å²) in [6, 6.07) is 0.916. The maximum Gasteiger partial charge on any atom is 0.411 e. The smallest absolute Gasteiger partial charge is 0.340 e. The Balaban J connectivity index is 1.29. The van der Waals surface area contributed by atoms with E-state index in [-0.39, 0.29) is 18.0 Å². The van der Waals surface area contributed by atoms with Crippen molar-refractivity contribution in [2.24, 2.45) is 5.92 Å². The highest BCUT2D eigenvalue weighted by molar-refractivity contribution is 6.20. The molecule has 0 bridgehead atoms. The van der Waals surface area contributed by atoms with Crippen LogP contribution in [0, 0.1) is 5.92 Å². The number of rotatable bonds is 8. The highest BCUT2D eigenvalue weighted by Crippen LogP contribution is 2.28. The third-order valence-corrected chi connectivity index (χ3v) is 7.91. The number of likely N-dealkylation sites (tertiary alicyclic amines) is 1. The zero-order chi connectivity index (χ0) is 23.3. The van der Waals surface area contributed by atoms with Crippen LogP contribution in [0.25, 0.3) is 0 Å². The van der Waals surface area contributed by atoms with Crippen molar-refractivity contribution in [1.82, 2.24) is 31.5 Å². The fourth-order valence-corrected chi connectivity index (χ4v) is 5.95. The highest BCUT2D eigenvalue weighted by atomic mass is 35.5. The van der Waals surface area contributed by atoms with Crippen molar-refractivity contribution in [3.05, 3.63) is 0 Å². The molecule has 0 aromatic carbocycles. The molecule has 0 radical (unpaired) electrons. The third kappa shape index (κ3) is 8.45. The van der Waals surface area contributed by atoms with Gasteiger partial charge in [0, 0.05) is 24.0 Å². The second-order valence-electron chi connectivity index (χ2n) is 10.1. The van der Waals surface area contributed by atoms with Crippen molar-refractivity contribution >= 4 is 11.6 Å². The Morgan fingerprint density at radius 1 is 0.909 bits per heavy atom. The van der Waals surface area contributed by atoms with Gasteiger partial charge in [-0.25, -0.2) is 0 Å². The largest absolute Gasteiger partial charge is 0.411 e. The number of hydrogen-bond acceptors (Lipinski definition) is 7. The predicted molar refractivity (Wildman–Crippen MR) is 122 cm³/mol. The van der Waals surface area contributed by atoms with Gasteiger partial charge in [-0.05, 0) is 76.8 Å². The maximum atomic E-state index is 12.7. The van der Waals surface area contributed by atoms with Crippen molar-refractivity contribution in [3.8, 4) is 0 Å². The summed E-state index contributed by atoms with van der Waals surface area (Å²) in [6.07, 6.45) is 5.32. The number of nitrogens with one attached hydrogen (secondary N) is 5. The summed E-state index contributed by atoms with van der Waals surface area (Å²) in [6.45, 7) is 1.86. The van der Waals surface area contributed by atoms with E-state index in [1.807, 2.05) is 0 Å². The molecule has 2 saturated heterocycles. The topological polar surface area (TPSA) is 72.6 Å². The summed E-state index contributed by atoms with van der Waals surface area (Å²) < 4.78 is 43.4. The summed E-state index contributed by atoms with van der Waals surface area (Å²) in [5.41, 5.74) is 0. The van der Waals surface area contributed by atoms with Crippen LogP contribution < -0.4 is 26.6 Å². The van der Waals surface area contributed by atoms with Gasteiger partial charge in [0.1, 0.15) is 19.2 Å². The van der Waals surface area contributed by atoms with Crippen LogP contribution >= 0.6 is 11.6 Å². The molecule has 0 aromatic heterocycles. The van der Waals surface area contributed by atoms with Gasteiger partial charge in [0.25, 0.3) is 0 Å². The highest BCUT2D eigenvalue weighted by Gasteiger charge is 2.35. The lowest BCUT2D eigenvalue weighted by Gasteiger charge is -2.43. The summed E-state index contributed by atoms with van der Waals surface area (Å²) in [4.78, 5) is 2.60. The summed E-state index contributed by atoms with van der Waals surface area (Å²) >= 11 is 6.21. The zero-order valence-corrected chi connectivity index (χ0v) is 20.1. The molecule has 5 N–H and O–H groups in total. The van der Waals surface area contributed by atoms with Crippen molar-refractivity contribution in [2.45, 2.75) is 107 Å². The van der Waals surface area contributed by atoms with E-state index in [1.54, 1.807) is 0 Å². The van der Waals surface area contributed by atoms with Crippen molar-refractivity contribution in [1.29, 1.82) is 0 Å². The molecule has 192 valence electrons. The summed E-state index contributed by atoms with van der Waals surface area (Å²) in [5, 5.41) is 16.9. The van der Waals surface area contributed by atoms with Gasteiger partial charge in [0.15, 0.2) is 6.35 Å². The third-order valence-electron chi connectivity index (χ3n) is 7.48. The quantitative estimate of drug-likeness (QED) is 0.331. The van der Waals surface area contributed by atoms with E-state index >= 15 is 0 Å². The first-order valence-electron chi connectivity index (χ1n) is 12.7. The second-order valence-corrected chi connectivity index (χ2v) is 10.7. The standard InChI is InChI=1S/C22H40ClF3N6O/c23-16-8-6-15(7-9-16)13-27-19-29-20(31-21(30-19)33-14-22(24,25)26)28-17-4-3-5-18(12-17)32-10-1-2-11-32/h15-21,27-31H,1-14H2. The van der Waals surface area contributed by atoms with Gasteiger partial charge in [-0.15, -0.1) is 11.6 Å². The van der Waals surface area contributed by atoms with Crippen LogP contribution in [0.4, 0.5) is 13.2 Å². The molecule has 4 fully saturated rings. The van der Waals surface area contributed by atoms with Crippen LogP contribution in [0.15, 0.2) is 0 Å². The Morgan fingerprint density at radius 3 is 2.36 bits per heavy atom. The minimum Gasteiger partial charge on any atom is -0.340 e. The van der Waals surface area contributed by atoms with Gasteiger partial charge in [-0.2, -0.15) is 13.2 Å². The SMILES string of the molecule is FC(F)(F)COC1NC(NCC2CCC(Cl)CC2)NC(NC2CCCC(N3CCCC3)C2)N1. The first kappa shape index (κ1) is 25.9. The summed E-state index contributed by atoms with van der Waals surface area (Å²) in [5.74, 6) is 0.527. The van der Waals surface area contributed by atoms with Crippen LogP contribution in [0.3, 0.4) is 0 Å². The lowest BCUT2D eigenvalue weighted by atomic mass is 9.89. The number of halogens is 4. The van der Waals surface area contributed by atoms with Gasteiger partial charge in [-0.1, -0.05) is 6.42 Å². The van der Waals surface area contributed by atoms with Gasteiger partial charge in [0.05, 0.1) is 0 Å². The summed E-state index contributed by atoms with van der Waals surface area (Å²) in [7, 11) is 0. The van der Waals surface area contributed by atoms with Crippen molar-refractivity contribution in [2.75, 3.05) is 26.2 Å². The minimum atomic E-state index is -4.37. The average Bonchev–Trinajstić information content (AvgIpc) is 3.32. The normalized spacial score (nSPS) is 39.1. The van der Waals surface area contributed by atoms with E-state index in [1.165, 1.54) is 38.8 Å². The number of nitrogens with zero attached hydrogens (tertiary/aromatic N) is 1. The Kier molecular flexibility index (Phi) is 9.54. The van der Waals surface area contributed by atoms with Crippen LogP contribution in [0.2, 0.25) is 0 Å². The van der Waals surface area contributed by atoms with Crippen LogP contribution in [0.5, 0.6) is 0 Å². The van der Waals surface area contributed by atoms with E-state index in [4.69, 9.17) is 16.3 Å². The van der Waals surface area contributed by atoms with E-state index in [0.717, 1.165) is 45.1 Å². The molecule has 4 aliphatic rings. The van der Waals surface area contributed by atoms with Gasteiger partial charge in [-0.3, -0.25) is 26.6 Å². The molecule has 2 aliphatic carbocycles. The molecule has 0 amide bonds. The lowest BCUT2D eigenvalue weighted by molar-refractivity contribution is -0.199. The Hall–Kier alpha value is -0.200. The van der Waals surface area contributed by atoms with E-state index in [9.17, 15) is 13.2 Å². The number of alkyl halides is 4. The predicted octanol–water partition coefficient (Wildman–Crippen LogP) is 2.58. The lowest BCUT2D eigenvalue weighted by Crippen LogP contribution is -2.76.